The molecule has 17 heavy (non-hydrogen) atoms. The molecule has 1 aromatic carbocycles. The van der Waals surface area contributed by atoms with Crippen molar-refractivity contribution in [2.75, 3.05) is 11.9 Å². The molecule has 0 amide bonds. The van der Waals surface area contributed by atoms with E-state index in [0.717, 1.165) is 25.1 Å². The summed E-state index contributed by atoms with van der Waals surface area (Å²) in [7, 11) is 0. The van der Waals surface area contributed by atoms with E-state index in [1.165, 1.54) is 0 Å². The van der Waals surface area contributed by atoms with Crippen molar-refractivity contribution in [1.29, 1.82) is 0 Å². The molecule has 0 heterocycles. The van der Waals surface area contributed by atoms with Gasteiger partial charge in [0, 0.05) is 28.7 Å². The number of hydrogen-bond acceptors (Lipinski definition) is 3. The SMILES string of the molecule is NC(CCCCNc1cc(Cl)cc(Cl)c1)=NO. The number of hydrogen-bond donors (Lipinski definition) is 3. The fraction of sp³-hybridized carbons (Fsp3) is 0.364. The summed E-state index contributed by atoms with van der Waals surface area (Å²) < 4.78 is 0. The maximum Gasteiger partial charge on any atom is 0.139 e. The Kier molecular flexibility index (Phi) is 5.94. The summed E-state index contributed by atoms with van der Waals surface area (Å²) in [6.07, 6.45) is 2.37. The van der Waals surface area contributed by atoms with Crippen molar-refractivity contribution in [2.45, 2.75) is 19.3 Å². The van der Waals surface area contributed by atoms with Crippen LogP contribution in [0.2, 0.25) is 10.0 Å². The Morgan fingerprint density at radius 3 is 2.47 bits per heavy atom. The van der Waals surface area contributed by atoms with Gasteiger partial charge in [0.1, 0.15) is 5.84 Å². The molecule has 0 spiro atoms. The molecule has 0 aromatic heterocycles. The Hall–Kier alpha value is -1.13. The van der Waals surface area contributed by atoms with Crippen LogP contribution in [0.5, 0.6) is 0 Å². The van der Waals surface area contributed by atoms with Crippen LogP contribution in [0, 0.1) is 0 Å². The summed E-state index contributed by atoms with van der Waals surface area (Å²) in [6.45, 7) is 0.787. The molecule has 0 saturated carbocycles. The zero-order valence-corrected chi connectivity index (χ0v) is 10.8. The molecule has 0 aliphatic rings. The van der Waals surface area contributed by atoms with Crippen molar-refractivity contribution < 1.29 is 5.21 Å². The molecule has 0 saturated heterocycles. The minimum Gasteiger partial charge on any atom is -0.409 e. The Bertz CT molecular complexity index is 376. The van der Waals surface area contributed by atoms with E-state index in [0.29, 0.717) is 16.5 Å². The minimum absolute atomic E-state index is 0.260. The topological polar surface area (TPSA) is 70.6 Å². The lowest BCUT2D eigenvalue weighted by Crippen LogP contribution is -2.11. The lowest BCUT2D eigenvalue weighted by atomic mass is 10.2. The molecule has 94 valence electrons. The number of anilines is 1. The first kappa shape index (κ1) is 13.9. The van der Waals surface area contributed by atoms with Gasteiger partial charge >= 0.3 is 0 Å². The van der Waals surface area contributed by atoms with Gasteiger partial charge in [-0.1, -0.05) is 28.4 Å². The van der Waals surface area contributed by atoms with Crippen LogP contribution >= 0.6 is 23.2 Å². The number of nitrogens with one attached hydrogen (secondary N) is 1. The van der Waals surface area contributed by atoms with Crippen molar-refractivity contribution >= 4 is 34.7 Å². The number of amidine groups is 1. The summed E-state index contributed by atoms with van der Waals surface area (Å²) in [5.41, 5.74) is 6.25. The van der Waals surface area contributed by atoms with E-state index < -0.39 is 0 Å². The van der Waals surface area contributed by atoms with Crippen LogP contribution in [0.15, 0.2) is 23.4 Å². The molecule has 6 heteroatoms. The van der Waals surface area contributed by atoms with E-state index in [-0.39, 0.29) is 5.84 Å². The van der Waals surface area contributed by atoms with Gasteiger partial charge in [-0.15, -0.1) is 0 Å². The number of rotatable bonds is 6. The highest BCUT2D eigenvalue weighted by atomic mass is 35.5. The number of halogens is 2. The Labute approximate surface area is 110 Å². The lowest BCUT2D eigenvalue weighted by Gasteiger charge is -2.07. The highest BCUT2D eigenvalue weighted by molar-refractivity contribution is 6.35. The van der Waals surface area contributed by atoms with Crippen molar-refractivity contribution in [3.63, 3.8) is 0 Å². The van der Waals surface area contributed by atoms with Gasteiger partial charge in [-0.3, -0.25) is 0 Å². The molecular formula is C11H15Cl2N3O. The van der Waals surface area contributed by atoms with Crippen LogP contribution in [0.25, 0.3) is 0 Å². The summed E-state index contributed by atoms with van der Waals surface area (Å²) in [5.74, 6) is 0.260. The largest absolute Gasteiger partial charge is 0.409 e. The van der Waals surface area contributed by atoms with E-state index in [9.17, 15) is 0 Å². The maximum atomic E-state index is 8.35. The van der Waals surface area contributed by atoms with E-state index in [2.05, 4.69) is 10.5 Å². The van der Waals surface area contributed by atoms with Gasteiger partial charge in [-0.2, -0.15) is 0 Å². The van der Waals surface area contributed by atoms with Gasteiger partial charge in [0.05, 0.1) is 0 Å². The quantitative estimate of drug-likeness (QED) is 0.245. The Morgan fingerprint density at radius 2 is 1.88 bits per heavy atom. The molecule has 0 fully saturated rings. The number of unbranched alkanes of at least 4 members (excludes halogenated alkanes) is 1. The monoisotopic (exact) mass is 275 g/mol. The molecule has 4 nitrogen and oxygen atoms in total. The second-order valence-corrected chi connectivity index (χ2v) is 4.51. The van der Waals surface area contributed by atoms with Gasteiger partial charge in [-0.05, 0) is 31.0 Å². The van der Waals surface area contributed by atoms with Gasteiger partial charge in [0.2, 0.25) is 0 Å². The molecule has 0 bridgehead atoms. The average molecular weight is 276 g/mol. The highest BCUT2D eigenvalue weighted by Gasteiger charge is 1.98. The second kappa shape index (κ2) is 7.25. The molecule has 4 N–H and O–H groups in total. The molecular weight excluding hydrogens is 261 g/mol. The van der Waals surface area contributed by atoms with Crippen molar-refractivity contribution in [1.82, 2.24) is 0 Å². The first-order valence-corrected chi connectivity index (χ1v) is 6.04. The fourth-order valence-electron chi connectivity index (χ4n) is 1.37. The molecule has 0 atom stereocenters. The second-order valence-electron chi connectivity index (χ2n) is 3.63. The van der Waals surface area contributed by atoms with Crippen LogP contribution in [0.3, 0.4) is 0 Å². The molecule has 1 rings (SSSR count). The molecule has 0 radical (unpaired) electrons. The predicted molar refractivity (Wildman–Crippen MR) is 72.2 cm³/mol. The molecule has 1 aromatic rings. The van der Waals surface area contributed by atoms with E-state index in [1.807, 2.05) is 12.1 Å². The fourth-order valence-corrected chi connectivity index (χ4v) is 1.90. The van der Waals surface area contributed by atoms with Crippen LogP contribution < -0.4 is 11.1 Å². The van der Waals surface area contributed by atoms with Gasteiger partial charge < -0.3 is 16.3 Å². The zero-order valence-electron chi connectivity index (χ0n) is 9.29. The average Bonchev–Trinajstić information content (AvgIpc) is 2.27. The Morgan fingerprint density at radius 1 is 1.24 bits per heavy atom. The van der Waals surface area contributed by atoms with E-state index >= 15 is 0 Å². The highest BCUT2D eigenvalue weighted by Crippen LogP contribution is 2.22. The minimum atomic E-state index is 0.260. The van der Waals surface area contributed by atoms with Crippen LogP contribution in [-0.2, 0) is 0 Å². The molecule has 0 aliphatic carbocycles. The van der Waals surface area contributed by atoms with Crippen molar-refractivity contribution in [2.24, 2.45) is 10.9 Å². The third-order valence-corrected chi connectivity index (χ3v) is 2.62. The summed E-state index contributed by atoms with van der Waals surface area (Å²) in [4.78, 5) is 0. The predicted octanol–water partition coefficient (Wildman–Crippen LogP) is 3.32. The van der Waals surface area contributed by atoms with E-state index in [1.54, 1.807) is 6.07 Å². The first-order chi connectivity index (χ1) is 8.11. The molecule has 0 aliphatic heterocycles. The Balaban J connectivity index is 2.26. The smallest absolute Gasteiger partial charge is 0.139 e. The number of oxime groups is 1. The zero-order chi connectivity index (χ0) is 12.7. The third kappa shape index (κ3) is 5.65. The van der Waals surface area contributed by atoms with Crippen molar-refractivity contribution in [3.8, 4) is 0 Å². The van der Waals surface area contributed by atoms with Crippen molar-refractivity contribution in [3.05, 3.63) is 28.2 Å². The number of benzene rings is 1. The normalized spacial score (nSPS) is 11.5. The number of nitrogens with zero attached hydrogens (tertiary/aromatic N) is 1. The standard InChI is InChI=1S/C11H15Cl2N3O/c12-8-5-9(13)7-10(6-8)15-4-2-1-3-11(14)16-17/h5-7,15,17H,1-4H2,(H2,14,16). The lowest BCUT2D eigenvalue weighted by molar-refractivity contribution is 0.316. The van der Waals surface area contributed by atoms with Gasteiger partial charge in [0.15, 0.2) is 0 Å². The van der Waals surface area contributed by atoms with Crippen LogP contribution in [0.1, 0.15) is 19.3 Å². The first-order valence-electron chi connectivity index (χ1n) is 5.28. The van der Waals surface area contributed by atoms with Crippen LogP contribution in [0.4, 0.5) is 5.69 Å². The van der Waals surface area contributed by atoms with Gasteiger partial charge in [-0.25, -0.2) is 0 Å². The van der Waals surface area contributed by atoms with Gasteiger partial charge in [0.25, 0.3) is 0 Å². The van der Waals surface area contributed by atoms with Crippen LogP contribution in [-0.4, -0.2) is 17.6 Å². The summed E-state index contributed by atoms with van der Waals surface area (Å²) >= 11 is 11.7. The number of nitrogens with two attached hydrogens (primary N) is 1. The maximum absolute atomic E-state index is 8.35. The summed E-state index contributed by atoms with van der Waals surface area (Å²) in [5, 5.41) is 15.7. The molecule has 0 unspecified atom stereocenters. The third-order valence-electron chi connectivity index (χ3n) is 2.18. The van der Waals surface area contributed by atoms with E-state index in [4.69, 9.17) is 34.1 Å². The summed E-state index contributed by atoms with van der Waals surface area (Å²) in [6, 6.07) is 5.32.